The van der Waals surface area contributed by atoms with Crippen LogP contribution in [0.5, 0.6) is 0 Å². The fraction of sp³-hybridized carbons (Fsp3) is 0.333. The molecule has 0 radical (unpaired) electrons. The lowest BCUT2D eigenvalue weighted by atomic mass is 10.1. The Labute approximate surface area is 95.1 Å². The molecule has 0 saturated heterocycles. The van der Waals surface area contributed by atoms with Gasteiger partial charge in [0, 0.05) is 18.7 Å². The van der Waals surface area contributed by atoms with E-state index in [2.05, 4.69) is 21.7 Å². The molecule has 0 atom stereocenters. The summed E-state index contributed by atoms with van der Waals surface area (Å²) in [4.78, 5) is 0. The van der Waals surface area contributed by atoms with Gasteiger partial charge < -0.3 is 10.3 Å². The molecule has 1 heterocycles. The predicted octanol–water partition coefficient (Wildman–Crippen LogP) is 1.78. The van der Waals surface area contributed by atoms with Crippen molar-refractivity contribution >= 4 is 5.69 Å². The SMILES string of the molecule is CCn1c(C)nnc1Cc1ccc(N)cc1. The van der Waals surface area contributed by atoms with Crippen molar-refractivity contribution in [3.8, 4) is 0 Å². The van der Waals surface area contributed by atoms with Crippen LogP contribution in [0.2, 0.25) is 0 Å². The number of aryl methyl sites for hydroxylation is 1. The molecule has 0 fully saturated rings. The topological polar surface area (TPSA) is 56.7 Å². The third-order valence-electron chi connectivity index (χ3n) is 2.67. The summed E-state index contributed by atoms with van der Waals surface area (Å²) in [6.45, 7) is 4.98. The largest absolute Gasteiger partial charge is 0.399 e. The normalized spacial score (nSPS) is 10.6. The highest BCUT2D eigenvalue weighted by molar-refractivity contribution is 5.39. The Morgan fingerprint density at radius 1 is 1.19 bits per heavy atom. The molecule has 0 aliphatic carbocycles. The number of nitrogens with two attached hydrogens (primary N) is 1. The molecule has 4 nitrogen and oxygen atoms in total. The maximum Gasteiger partial charge on any atom is 0.137 e. The van der Waals surface area contributed by atoms with Crippen LogP contribution in [0, 0.1) is 6.92 Å². The monoisotopic (exact) mass is 216 g/mol. The number of anilines is 1. The van der Waals surface area contributed by atoms with E-state index in [4.69, 9.17) is 5.73 Å². The molecular weight excluding hydrogens is 200 g/mol. The van der Waals surface area contributed by atoms with Gasteiger partial charge in [-0.3, -0.25) is 0 Å². The number of hydrogen-bond donors (Lipinski definition) is 1. The van der Waals surface area contributed by atoms with Crippen LogP contribution in [0.25, 0.3) is 0 Å². The first-order chi connectivity index (χ1) is 7.70. The van der Waals surface area contributed by atoms with Gasteiger partial charge in [-0.1, -0.05) is 12.1 Å². The molecule has 0 amide bonds. The molecule has 0 bridgehead atoms. The van der Waals surface area contributed by atoms with Crippen molar-refractivity contribution in [2.45, 2.75) is 26.8 Å². The molecule has 0 spiro atoms. The van der Waals surface area contributed by atoms with E-state index in [-0.39, 0.29) is 0 Å². The summed E-state index contributed by atoms with van der Waals surface area (Å²) in [6.07, 6.45) is 0.801. The predicted molar refractivity (Wildman–Crippen MR) is 64.1 cm³/mol. The molecular formula is C12H16N4. The summed E-state index contributed by atoms with van der Waals surface area (Å²) < 4.78 is 2.12. The summed E-state index contributed by atoms with van der Waals surface area (Å²) in [5, 5.41) is 8.28. The Kier molecular flexibility index (Phi) is 2.90. The van der Waals surface area contributed by atoms with E-state index >= 15 is 0 Å². The molecule has 84 valence electrons. The van der Waals surface area contributed by atoms with Gasteiger partial charge in [-0.25, -0.2) is 0 Å². The van der Waals surface area contributed by atoms with Crippen molar-refractivity contribution in [2.75, 3.05) is 5.73 Å². The Morgan fingerprint density at radius 3 is 2.50 bits per heavy atom. The third-order valence-corrected chi connectivity index (χ3v) is 2.67. The van der Waals surface area contributed by atoms with Crippen LogP contribution in [-0.2, 0) is 13.0 Å². The average molecular weight is 216 g/mol. The second kappa shape index (κ2) is 4.35. The Hall–Kier alpha value is -1.84. The van der Waals surface area contributed by atoms with E-state index in [9.17, 15) is 0 Å². The maximum atomic E-state index is 5.65. The van der Waals surface area contributed by atoms with Gasteiger partial charge in [0.2, 0.25) is 0 Å². The van der Waals surface area contributed by atoms with Crippen molar-refractivity contribution in [2.24, 2.45) is 0 Å². The van der Waals surface area contributed by atoms with Crippen molar-refractivity contribution in [3.05, 3.63) is 41.5 Å². The van der Waals surface area contributed by atoms with Crippen molar-refractivity contribution in [1.29, 1.82) is 0 Å². The minimum atomic E-state index is 0.789. The van der Waals surface area contributed by atoms with Crippen LogP contribution in [-0.4, -0.2) is 14.8 Å². The van der Waals surface area contributed by atoms with Crippen molar-refractivity contribution in [3.63, 3.8) is 0 Å². The van der Waals surface area contributed by atoms with Gasteiger partial charge in [-0.2, -0.15) is 0 Å². The summed E-state index contributed by atoms with van der Waals surface area (Å²) in [7, 11) is 0. The van der Waals surface area contributed by atoms with Crippen LogP contribution >= 0.6 is 0 Å². The minimum absolute atomic E-state index is 0.789. The smallest absolute Gasteiger partial charge is 0.137 e. The van der Waals surface area contributed by atoms with Crippen LogP contribution in [0.15, 0.2) is 24.3 Å². The van der Waals surface area contributed by atoms with Crippen molar-refractivity contribution < 1.29 is 0 Å². The molecule has 2 N–H and O–H groups in total. The molecule has 4 heteroatoms. The summed E-state index contributed by atoms with van der Waals surface area (Å²) in [5.74, 6) is 1.97. The third kappa shape index (κ3) is 2.05. The van der Waals surface area contributed by atoms with Gasteiger partial charge >= 0.3 is 0 Å². The molecule has 16 heavy (non-hydrogen) atoms. The average Bonchev–Trinajstić information content (AvgIpc) is 2.63. The number of rotatable bonds is 3. The maximum absolute atomic E-state index is 5.65. The Balaban J connectivity index is 2.23. The number of nitrogens with zero attached hydrogens (tertiary/aromatic N) is 3. The number of aromatic nitrogens is 3. The van der Waals surface area contributed by atoms with Gasteiger partial charge in [0.25, 0.3) is 0 Å². The first kappa shape index (κ1) is 10.7. The molecule has 0 aliphatic heterocycles. The van der Waals surface area contributed by atoms with E-state index in [1.54, 1.807) is 0 Å². The fourth-order valence-electron chi connectivity index (χ4n) is 1.79. The molecule has 0 aliphatic rings. The quantitative estimate of drug-likeness (QED) is 0.796. The standard InChI is InChI=1S/C12H16N4/c1-3-16-9(2)14-15-12(16)8-10-4-6-11(13)7-5-10/h4-7H,3,8,13H2,1-2H3. The van der Waals surface area contributed by atoms with Gasteiger partial charge in [0.15, 0.2) is 0 Å². The first-order valence-electron chi connectivity index (χ1n) is 5.43. The minimum Gasteiger partial charge on any atom is -0.399 e. The zero-order valence-electron chi connectivity index (χ0n) is 9.64. The zero-order valence-corrected chi connectivity index (χ0v) is 9.64. The highest BCUT2D eigenvalue weighted by Crippen LogP contribution is 2.11. The van der Waals surface area contributed by atoms with E-state index in [0.717, 1.165) is 30.3 Å². The fourth-order valence-corrected chi connectivity index (χ4v) is 1.79. The van der Waals surface area contributed by atoms with Crippen LogP contribution in [0.4, 0.5) is 5.69 Å². The summed E-state index contributed by atoms with van der Waals surface area (Å²) in [6, 6.07) is 7.88. The number of hydrogen-bond acceptors (Lipinski definition) is 3. The van der Waals surface area contributed by atoms with Crippen LogP contribution < -0.4 is 5.73 Å². The lowest BCUT2D eigenvalue weighted by molar-refractivity contribution is 0.691. The van der Waals surface area contributed by atoms with E-state index in [1.165, 1.54) is 5.56 Å². The zero-order chi connectivity index (χ0) is 11.5. The lowest BCUT2D eigenvalue weighted by Crippen LogP contribution is -2.04. The second-order valence-corrected chi connectivity index (χ2v) is 3.83. The molecule has 0 saturated carbocycles. The van der Waals surface area contributed by atoms with Gasteiger partial charge in [0.05, 0.1) is 0 Å². The highest BCUT2D eigenvalue weighted by atomic mass is 15.3. The highest BCUT2D eigenvalue weighted by Gasteiger charge is 2.07. The van der Waals surface area contributed by atoms with Gasteiger partial charge in [0.1, 0.15) is 11.6 Å². The number of benzene rings is 1. The Bertz CT molecular complexity index is 470. The van der Waals surface area contributed by atoms with E-state index in [0.29, 0.717) is 0 Å². The first-order valence-corrected chi connectivity index (χ1v) is 5.43. The molecule has 1 aromatic heterocycles. The Morgan fingerprint density at radius 2 is 1.88 bits per heavy atom. The van der Waals surface area contributed by atoms with Crippen molar-refractivity contribution in [1.82, 2.24) is 14.8 Å². The molecule has 2 aromatic rings. The summed E-state index contributed by atoms with van der Waals surface area (Å²) in [5.41, 5.74) is 7.64. The lowest BCUT2D eigenvalue weighted by Gasteiger charge is -2.05. The summed E-state index contributed by atoms with van der Waals surface area (Å²) >= 11 is 0. The molecule has 1 aromatic carbocycles. The van der Waals surface area contributed by atoms with Crippen LogP contribution in [0.1, 0.15) is 24.1 Å². The van der Waals surface area contributed by atoms with Crippen LogP contribution in [0.3, 0.4) is 0 Å². The van der Waals surface area contributed by atoms with Gasteiger partial charge in [-0.15, -0.1) is 10.2 Å². The molecule has 2 rings (SSSR count). The van der Waals surface area contributed by atoms with E-state index < -0.39 is 0 Å². The number of nitrogen functional groups attached to an aromatic ring is 1. The second-order valence-electron chi connectivity index (χ2n) is 3.83. The molecule has 0 unspecified atom stereocenters. The van der Waals surface area contributed by atoms with E-state index in [1.807, 2.05) is 31.2 Å². The van der Waals surface area contributed by atoms with Gasteiger partial charge in [-0.05, 0) is 31.5 Å².